The SMILES string of the molecule is CC[C@H](C)[NH2+]Cc1ccc(OCc2cccs2)cc1. The lowest BCUT2D eigenvalue weighted by Gasteiger charge is -2.09. The summed E-state index contributed by atoms with van der Waals surface area (Å²) in [6.07, 6.45) is 1.21. The fraction of sp³-hybridized carbons (Fsp3) is 0.375. The van der Waals surface area contributed by atoms with Gasteiger partial charge in [-0.05, 0) is 49.1 Å². The van der Waals surface area contributed by atoms with E-state index in [-0.39, 0.29) is 0 Å². The van der Waals surface area contributed by atoms with Crippen LogP contribution in [0.4, 0.5) is 0 Å². The van der Waals surface area contributed by atoms with E-state index in [1.54, 1.807) is 11.3 Å². The van der Waals surface area contributed by atoms with Crippen LogP contribution in [0.25, 0.3) is 0 Å². The van der Waals surface area contributed by atoms with E-state index < -0.39 is 0 Å². The summed E-state index contributed by atoms with van der Waals surface area (Å²) in [5, 5.41) is 4.45. The molecule has 0 saturated carbocycles. The summed E-state index contributed by atoms with van der Waals surface area (Å²) < 4.78 is 5.75. The quantitative estimate of drug-likeness (QED) is 0.825. The van der Waals surface area contributed by atoms with Gasteiger partial charge in [0.05, 0.1) is 6.04 Å². The second kappa shape index (κ2) is 7.31. The highest BCUT2D eigenvalue weighted by Gasteiger charge is 2.02. The molecule has 1 aromatic carbocycles. The first kappa shape index (κ1) is 14.1. The molecule has 1 heterocycles. The maximum absolute atomic E-state index is 5.75. The normalized spacial score (nSPS) is 12.3. The van der Waals surface area contributed by atoms with Crippen LogP contribution in [0.5, 0.6) is 5.75 Å². The van der Waals surface area contributed by atoms with Gasteiger partial charge >= 0.3 is 0 Å². The molecule has 0 spiro atoms. The van der Waals surface area contributed by atoms with Crippen LogP contribution in [-0.4, -0.2) is 6.04 Å². The van der Waals surface area contributed by atoms with Gasteiger partial charge in [-0.25, -0.2) is 0 Å². The largest absolute Gasteiger partial charge is 0.488 e. The molecule has 1 aromatic heterocycles. The number of nitrogens with two attached hydrogens (primary N) is 1. The highest BCUT2D eigenvalue weighted by molar-refractivity contribution is 7.09. The zero-order valence-electron chi connectivity index (χ0n) is 11.6. The van der Waals surface area contributed by atoms with Gasteiger partial charge in [0.1, 0.15) is 18.9 Å². The van der Waals surface area contributed by atoms with Crippen LogP contribution < -0.4 is 10.1 Å². The molecule has 0 amide bonds. The molecule has 19 heavy (non-hydrogen) atoms. The number of quaternary nitrogens is 1. The minimum Gasteiger partial charge on any atom is -0.488 e. The maximum Gasteiger partial charge on any atom is 0.122 e. The minimum atomic E-state index is 0.663. The van der Waals surface area contributed by atoms with Gasteiger partial charge in [0.15, 0.2) is 0 Å². The number of thiophene rings is 1. The van der Waals surface area contributed by atoms with Crippen molar-refractivity contribution < 1.29 is 10.1 Å². The van der Waals surface area contributed by atoms with E-state index in [2.05, 4.69) is 60.9 Å². The summed E-state index contributed by atoms with van der Waals surface area (Å²) >= 11 is 1.73. The van der Waals surface area contributed by atoms with Crippen LogP contribution in [0.2, 0.25) is 0 Å². The molecule has 1 atom stereocenters. The molecule has 102 valence electrons. The fourth-order valence-corrected chi connectivity index (χ4v) is 2.39. The zero-order chi connectivity index (χ0) is 13.5. The molecule has 0 saturated heterocycles. The predicted octanol–water partition coefficient (Wildman–Crippen LogP) is 3.19. The third-order valence-corrected chi connectivity index (χ3v) is 4.13. The van der Waals surface area contributed by atoms with Crippen LogP contribution in [0.3, 0.4) is 0 Å². The maximum atomic E-state index is 5.75. The molecule has 3 heteroatoms. The summed E-state index contributed by atoms with van der Waals surface area (Å²) in [6, 6.07) is 13.3. The van der Waals surface area contributed by atoms with Gasteiger partial charge in [0, 0.05) is 10.4 Å². The van der Waals surface area contributed by atoms with Gasteiger partial charge in [0.2, 0.25) is 0 Å². The Bertz CT molecular complexity index is 464. The van der Waals surface area contributed by atoms with Crippen LogP contribution in [0.15, 0.2) is 41.8 Å². The fourth-order valence-electron chi connectivity index (χ4n) is 1.77. The lowest BCUT2D eigenvalue weighted by Crippen LogP contribution is -2.87. The summed E-state index contributed by atoms with van der Waals surface area (Å²) in [6.45, 7) is 6.19. The van der Waals surface area contributed by atoms with E-state index in [0.717, 1.165) is 12.3 Å². The highest BCUT2D eigenvalue weighted by Crippen LogP contribution is 2.16. The average Bonchev–Trinajstić information content (AvgIpc) is 2.97. The van der Waals surface area contributed by atoms with E-state index in [0.29, 0.717) is 12.6 Å². The van der Waals surface area contributed by atoms with Crippen LogP contribution >= 0.6 is 11.3 Å². The molecular weight excluding hydrogens is 254 g/mol. The first-order valence-electron chi connectivity index (χ1n) is 6.85. The second-order valence-electron chi connectivity index (χ2n) is 4.84. The molecule has 0 aliphatic carbocycles. The standard InChI is InChI=1S/C16H21NOS/c1-3-13(2)17-11-14-6-8-15(9-7-14)18-12-16-5-4-10-19-16/h4-10,13,17H,3,11-12H2,1-2H3/p+1/t13-/m0/s1. The second-order valence-corrected chi connectivity index (χ2v) is 5.87. The minimum absolute atomic E-state index is 0.663. The van der Waals surface area contributed by atoms with Gasteiger partial charge in [-0.3, -0.25) is 0 Å². The van der Waals surface area contributed by atoms with Gasteiger partial charge in [-0.15, -0.1) is 11.3 Å². The first-order chi connectivity index (χ1) is 9.28. The summed E-state index contributed by atoms with van der Waals surface area (Å²) in [7, 11) is 0. The number of benzene rings is 1. The summed E-state index contributed by atoms with van der Waals surface area (Å²) in [5.41, 5.74) is 1.35. The van der Waals surface area contributed by atoms with Crippen LogP contribution in [-0.2, 0) is 13.2 Å². The highest BCUT2D eigenvalue weighted by atomic mass is 32.1. The Morgan fingerprint density at radius 1 is 1.21 bits per heavy atom. The molecule has 0 unspecified atom stereocenters. The molecule has 2 nitrogen and oxygen atoms in total. The molecule has 2 N–H and O–H groups in total. The van der Waals surface area contributed by atoms with E-state index in [4.69, 9.17) is 4.74 Å². The van der Waals surface area contributed by atoms with Crippen molar-refractivity contribution in [1.82, 2.24) is 0 Å². The van der Waals surface area contributed by atoms with Gasteiger partial charge in [0.25, 0.3) is 0 Å². The molecule has 2 aromatic rings. The van der Waals surface area contributed by atoms with Crippen molar-refractivity contribution in [3.8, 4) is 5.75 Å². The molecule has 0 fully saturated rings. The van der Waals surface area contributed by atoms with Crippen molar-refractivity contribution in [2.24, 2.45) is 0 Å². The molecule has 2 rings (SSSR count). The van der Waals surface area contributed by atoms with E-state index in [1.165, 1.54) is 16.9 Å². The molecule has 0 radical (unpaired) electrons. The van der Waals surface area contributed by atoms with Crippen molar-refractivity contribution in [3.63, 3.8) is 0 Å². The van der Waals surface area contributed by atoms with Crippen molar-refractivity contribution in [1.29, 1.82) is 0 Å². The molecule has 0 aliphatic heterocycles. The topological polar surface area (TPSA) is 25.8 Å². The first-order valence-corrected chi connectivity index (χ1v) is 7.73. The third kappa shape index (κ3) is 4.69. The van der Waals surface area contributed by atoms with Crippen molar-refractivity contribution >= 4 is 11.3 Å². The lowest BCUT2D eigenvalue weighted by molar-refractivity contribution is -0.701. The Kier molecular flexibility index (Phi) is 5.43. The predicted molar refractivity (Wildman–Crippen MR) is 80.5 cm³/mol. The van der Waals surface area contributed by atoms with Gasteiger partial charge < -0.3 is 10.1 Å². The van der Waals surface area contributed by atoms with Gasteiger partial charge in [-0.1, -0.05) is 13.0 Å². The Labute approximate surface area is 119 Å². The Morgan fingerprint density at radius 3 is 2.63 bits per heavy atom. The van der Waals surface area contributed by atoms with E-state index in [9.17, 15) is 0 Å². The van der Waals surface area contributed by atoms with Crippen molar-refractivity contribution in [3.05, 3.63) is 52.2 Å². The monoisotopic (exact) mass is 276 g/mol. The third-order valence-electron chi connectivity index (χ3n) is 3.28. The summed E-state index contributed by atoms with van der Waals surface area (Å²) in [4.78, 5) is 1.26. The van der Waals surface area contributed by atoms with Gasteiger partial charge in [-0.2, -0.15) is 0 Å². The lowest BCUT2D eigenvalue weighted by atomic mass is 10.2. The summed E-state index contributed by atoms with van der Waals surface area (Å²) in [5.74, 6) is 0.945. The van der Waals surface area contributed by atoms with Crippen molar-refractivity contribution in [2.75, 3.05) is 0 Å². The number of hydrogen-bond donors (Lipinski definition) is 1. The number of rotatable bonds is 7. The zero-order valence-corrected chi connectivity index (χ0v) is 12.5. The van der Waals surface area contributed by atoms with E-state index >= 15 is 0 Å². The number of hydrogen-bond acceptors (Lipinski definition) is 2. The van der Waals surface area contributed by atoms with Crippen molar-refractivity contribution in [2.45, 2.75) is 39.5 Å². The average molecular weight is 276 g/mol. The Morgan fingerprint density at radius 2 is 2.00 bits per heavy atom. The molecule has 0 aliphatic rings. The Hall–Kier alpha value is -1.32. The van der Waals surface area contributed by atoms with Crippen LogP contribution in [0.1, 0.15) is 30.7 Å². The number of ether oxygens (including phenoxy) is 1. The van der Waals surface area contributed by atoms with Crippen LogP contribution in [0, 0.1) is 0 Å². The molecular formula is C16H22NOS+. The smallest absolute Gasteiger partial charge is 0.122 e. The Balaban J connectivity index is 1.81. The van der Waals surface area contributed by atoms with E-state index in [1.807, 2.05) is 0 Å². The molecule has 0 bridgehead atoms.